The number of nitrogens with zero attached hydrogens (tertiary/aromatic N) is 2. The van der Waals surface area contributed by atoms with Crippen LogP contribution in [-0.2, 0) is 23.1 Å². The average molecular weight is 320 g/mol. The summed E-state index contributed by atoms with van der Waals surface area (Å²) in [5.74, 6) is -0.243. The van der Waals surface area contributed by atoms with E-state index in [9.17, 15) is 13.2 Å². The number of nitrogens with one attached hydrogen (secondary N) is 2. The Balaban J connectivity index is 1.81. The molecule has 0 radical (unpaired) electrons. The maximum atomic E-state index is 12.3. The molecule has 2 aromatic rings. The van der Waals surface area contributed by atoms with Crippen molar-refractivity contribution in [3.8, 4) is 0 Å². The maximum Gasteiger partial charge on any atom is 0.267 e. The van der Waals surface area contributed by atoms with Gasteiger partial charge in [-0.05, 0) is 30.2 Å². The van der Waals surface area contributed by atoms with E-state index in [0.29, 0.717) is 18.8 Å². The average Bonchev–Trinajstić information content (AvgIpc) is 2.88. The molecule has 22 heavy (non-hydrogen) atoms. The fourth-order valence-electron chi connectivity index (χ4n) is 2.31. The van der Waals surface area contributed by atoms with E-state index in [2.05, 4.69) is 15.0 Å². The van der Waals surface area contributed by atoms with Crippen molar-refractivity contribution < 1.29 is 13.2 Å². The Morgan fingerprint density at radius 3 is 2.86 bits per heavy atom. The van der Waals surface area contributed by atoms with E-state index in [1.165, 1.54) is 12.3 Å². The first-order valence-corrected chi connectivity index (χ1v) is 8.41. The van der Waals surface area contributed by atoms with E-state index in [1.807, 2.05) is 0 Å². The minimum absolute atomic E-state index is 0.105. The Hall–Kier alpha value is -2.19. The van der Waals surface area contributed by atoms with Gasteiger partial charge in [0.1, 0.15) is 10.6 Å². The molecule has 0 unspecified atom stereocenters. The zero-order valence-electron chi connectivity index (χ0n) is 11.8. The zero-order chi connectivity index (χ0) is 15.6. The molecule has 2 aromatic heterocycles. The Labute approximate surface area is 128 Å². The number of hydrogen-bond donors (Lipinski definition) is 2. The minimum atomic E-state index is -3.66. The van der Waals surface area contributed by atoms with Crippen LogP contribution in [0.2, 0.25) is 0 Å². The Kier molecular flexibility index (Phi) is 3.95. The lowest BCUT2D eigenvalue weighted by atomic mass is 10.3. The van der Waals surface area contributed by atoms with Crippen LogP contribution in [0.3, 0.4) is 0 Å². The van der Waals surface area contributed by atoms with E-state index in [4.69, 9.17) is 0 Å². The zero-order valence-corrected chi connectivity index (χ0v) is 12.6. The molecule has 3 heterocycles. The molecule has 0 spiro atoms. The number of carbonyl (C=O) groups excluding carboxylic acids is 1. The highest BCUT2D eigenvalue weighted by Crippen LogP contribution is 2.17. The number of aromatic nitrogens is 2. The van der Waals surface area contributed by atoms with Crippen LogP contribution in [0, 0.1) is 0 Å². The highest BCUT2D eigenvalue weighted by atomic mass is 32.2. The van der Waals surface area contributed by atoms with E-state index in [-0.39, 0.29) is 17.3 Å². The second-order valence-electron chi connectivity index (χ2n) is 5.04. The van der Waals surface area contributed by atoms with Gasteiger partial charge in [-0.3, -0.25) is 9.78 Å². The van der Waals surface area contributed by atoms with Crippen molar-refractivity contribution in [3.63, 3.8) is 0 Å². The number of sulfonamides is 1. The highest BCUT2D eigenvalue weighted by Gasteiger charge is 2.22. The van der Waals surface area contributed by atoms with Gasteiger partial charge in [0.05, 0.1) is 0 Å². The molecular weight excluding hydrogens is 304 g/mol. The summed E-state index contributed by atoms with van der Waals surface area (Å²) >= 11 is 0. The maximum absolute atomic E-state index is 12.3. The predicted molar refractivity (Wildman–Crippen MR) is 79.6 cm³/mol. The van der Waals surface area contributed by atoms with E-state index >= 15 is 0 Å². The summed E-state index contributed by atoms with van der Waals surface area (Å²) in [5, 5.41) is 2.74. The van der Waals surface area contributed by atoms with Gasteiger partial charge in [-0.1, -0.05) is 0 Å². The third kappa shape index (κ3) is 3.02. The fourth-order valence-corrected chi connectivity index (χ4v) is 3.37. The van der Waals surface area contributed by atoms with Gasteiger partial charge in [0, 0.05) is 38.2 Å². The number of rotatable bonds is 4. The van der Waals surface area contributed by atoms with Crippen LogP contribution in [0.15, 0.2) is 41.7 Å². The van der Waals surface area contributed by atoms with Crippen LogP contribution < -0.4 is 10.0 Å². The first-order valence-electron chi connectivity index (χ1n) is 6.93. The first kappa shape index (κ1) is 14.7. The Morgan fingerprint density at radius 1 is 1.32 bits per heavy atom. The van der Waals surface area contributed by atoms with E-state index in [1.54, 1.807) is 29.1 Å². The molecule has 116 valence electrons. The lowest BCUT2D eigenvalue weighted by Crippen LogP contribution is -2.24. The van der Waals surface area contributed by atoms with Crippen molar-refractivity contribution >= 4 is 15.9 Å². The molecular formula is C14H16N4O3S. The van der Waals surface area contributed by atoms with Crippen molar-refractivity contribution in [1.29, 1.82) is 0 Å². The number of carbonyl (C=O) groups is 1. The summed E-state index contributed by atoms with van der Waals surface area (Å²) in [7, 11) is -3.66. The summed E-state index contributed by atoms with van der Waals surface area (Å²) in [5.41, 5.74) is 1.19. The number of fused-ring (bicyclic) bond motifs is 1. The number of aryl methyl sites for hydroxylation is 1. The van der Waals surface area contributed by atoms with Crippen molar-refractivity contribution in [2.75, 3.05) is 6.54 Å². The van der Waals surface area contributed by atoms with Crippen molar-refractivity contribution in [2.24, 2.45) is 0 Å². The Morgan fingerprint density at radius 2 is 2.09 bits per heavy atom. The lowest BCUT2D eigenvalue weighted by Gasteiger charge is -2.05. The molecule has 8 heteroatoms. The van der Waals surface area contributed by atoms with Gasteiger partial charge in [0.15, 0.2) is 0 Å². The summed E-state index contributed by atoms with van der Waals surface area (Å²) in [6.07, 6.45) is 5.50. The van der Waals surface area contributed by atoms with E-state index in [0.717, 1.165) is 12.0 Å². The van der Waals surface area contributed by atoms with Gasteiger partial charge in [0.2, 0.25) is 10.0 Å². The lowest BCUT2D eigenvalue weighted by molar-refractivity contribution is 0.0951. The SMILES string of the molecule is O=C1NCCCn2cc(S(=O)(=O)NCc3ccncc3)cc21. The summed E-state index contributed by atoms with van der Waals surface area (Å²) in [4.78, 5) is 15.9. The molecule has 0 saturated carbocycles. The van der Waals surface area contributed by atoms with E-state index < -0.39 is 10.0 Å². The second-order valence-corrected chi connectivity index (χ2v) is 6.81. The number of hydrogen-bond acceptors (Lipinski definition) is 4. The van der Waals surface area contributed by atoms with Crippen LogP contribution in [0.25, 0.3) is 0 Å². The van der Waals surface area contributed by atoms with Gasteiger partial charge in [-0.2, -0.15) is 0 Å². The predicted octanol–water partition coefficient (Wildman–Crippen LogP) is 0.495. The van der Waals surface area contributed by atoms with Crippen LogP contribution in [0.5, 0.6) is 0 Å². The molecule has 0 aliphatic carbocycles. The minimum Gasteiger partial charge on any atom is -0.351 e. The molecule has 0 saturated heterocycles. The molecule has 1 aliphatic rings. The quantitative estimate of drug-likeness (QED) is 0.857. The summed E-state index contributed by atoms with van der Waals surface area (Å²) in [6, 6.07) is 4.89. The molecule has 1 amide bonds. The third-order valence-electron chi connectivity index (χ3n) is 3.49. The summed E-state index contributed by atoms with van der Waals surface area (Å²) < 4.78 is 28.9. The molecule has 0 bridgehead atoms. The van der Waals surface area contributed by atoms with Gasteiger partial charge in [0.25, 0.3) is 5.91 Å². The monoisotopic (exact) mass is 320 g/mol. The standard InChI is InChI=1S/C14H16N4O3S/c19-14-13-8-12(10-18(13)7-1-4-16-14)22(20,21)17-9-11-2-5-15-6-3-11/h2-3,5-6,8,10,17H,1,4,7,9H2,(H,16,19). The molecule has 7 nitrogen and oxygen atoms in total. The molecule has 1 aliphatic heterocycles. The van der Waals surface area contributed by atoms with Crippen LogP contribution >= 0.6 is 0 Å². The van der Waals surface area contributed by atoms with Crippen LogP contribution in [-0.4, -0.2) is 30.4 Å². The van der Waals surface area contributed by atoms with Gasteiger partial charge < -0.3 is 9.88 Å². The normalized spacial score (nSPS) is 15.0. The number of pyridine rings is 1. The largest absolute Gasteiger partial charge is 0.351 e. The van der Waals surface area contributed by atoms with Crippen LogP contribution in [0.1, 0.15) is 22.5 Å². The molecule has 2 N–H and O–H groups in total. The molecule has 0 fully saturated rings. The fraction of sp³-hybridized carbons (Fsp3) is 0.286. The smallest absolute Gasteiger partial charge is 0.267 e. The summed E-state index contributed by atoms with van der Waals surface area (Å²) in [6.45, 7) is 1.40. The van der Waals surface area contributed by atoms with Crippen LogP contribution in [0.4, 0.5) is 0 Å². The third-order valence-corrected chi connectivity index (χ3v) is 4.86. The van der Waals surface area contributed by atoms with Crippen molar-refractivity contribution in [3.05, 3.63) is 48.0 Å². The van der Waals surface area contributed by atoms with Crippen molar-refractivity contribution in [2.45, 2.75) is 24.4 Å². The van der Waals surface area contributed by atoms with Crippen molar-refractivity contribution in [1.82, 2.24) is 19.6 Å². The Bertz CT molecular complexity index is 784. The topological polar surface area (TPSA) is 93.1 Å². The van der Waals surface area contributed by atoms with Gasteiger partial charge in [-0.15, -0.1) is 0 Å². The second kappa shape index (κ2) is 5.90. The molecule has 0 aromatic carbocycles. The number of amides is 1. The molecule has 0 atom stereocenters. The molecule has 3 rings (SSSR count). The van der Waals surface area contributed by atoms with Gasteiger partial charge in [-0.25, -0.2) is 13.1 Å². The first-order chi connectivity index (χ1) is 10.6. The van der Waals surface area contributed by atoms with Gasteiger partial charge >= 0.3 is 0 Å². The highest BCUT2D eigenvalue weighted by molar-refractivity contribution is 7.89.